The average molecular weight is 342 g/mol. The van der Waals surface area contributed by atoms with Gasteiger partial charge in [0.25, 0.3) is 0 Å². The molecule has 2 atom stereocenters. The van der Waals surface area contributed by atoms with Crippen molar-refractivity contribution in [2.24, 2.45) is 0 Å². The van der Waals surface area contributed by atoms with Crippen molar-refractivity contribution < 1.29 is 14.4 Å². The molecule has 0 bridgehead atoms. The average Bonchev–Trinajstić information content (AvgIpc) is 3.07. The molecule has 2 heterocycles. The number of nitrogens with zero attached hydrogens (tertiary/aromatic N) is 4. The largest absolute Gasteiger partial charge is 0.491 e. The van der Waals surface area contributed by atoms with Gasteiger partial charge in [-0.05, 0) is 50.6 Å². The van der Waals surface area contributed by atoms with E-state index in [1.54, 1.807) is 24.3 Å². The Morgan fingerprint density at radius 1 is 1.44 bits per heavy atom. The predicted molar refractivity (Wildman–Crippen MR) is 90.1 cm³/mol. The predicted octanol–water partition coefficient (Wildman–Crippen LogP) is 1.87. The Bertz CT molecular complexity index is 723. The number of aryl methyl sites for hydroxylation is 1. The molecule has 0 aliphatic carbocycles. The standard InChI is InChI=1S/C18H22N4O3/c1-13-20-18(25-21-13)15-3-2-8-22(10-15)11-16(23)12-24-17-6-4-14(9-19)5-7-17/h4-7,15-16,23H,2-3,8,10-12H2,1H3/t15-,16-/m1/s1. The Kier molecular flexibility index (Phi) is 5.64. The molecule has 3 rings (SSSR count). The summed E-state index contributed by atoms with van der Waals surface area (Å²) in [5.74, 6) is 2.21. The number of hydrogen-bond acceptors (Lipinski definition) is 7. The van der Waals surface area contributed by atoms with Crippen molar-refractivity contribution in [2.75, 3.05) is 26.2 Å². The van der Waals surface area contributed by atoms with E-state index in [1.165, 1.54) is 0 Å². The number of benzene rings is 1. The Labute approximate surface area is 146 Å². The third kappa shape index (κ3) is 4.78. The van der Waals surface area contributed by atoms with Gasteiger partial charge in [0.15, 0.2) is 5.82 Å². The highest BCUT2D eigenvalue weighted by Crippen LogP contribution is 2.25. The molecule has 0 saturated carbocycles. The number of piperidine rings is 1. The van der Waals surface area contributed by atoms with E-state index in [4.69, 9.17) is 14.5 Å². The van der Waals surface area contributed by atoms with E-state index in [2.05, 4.69) is 21.1 Å². The van der Waals surface area contributed by atoms with E-state index < -0.39 is 6.10 Å². The summed E-state index contributed by atoms with van der Waals surface area (Å²) >= 11 is 0. The minimum atomic E-state index is -0.584. The van der Waals surface area contributed by atoms with Crippen LogP contribution in [0.1, 0.15) is 36.0 Å². The van der Waals surface area contributed by atoms with Gasteiger partial charge < -0.3 is 14.4 Å². The molecular formula is C18H22N4O3. The summed E-state index contributed by atoms with van der Waals surface area (Å²) in [4.78, 5) is 6.53. The van der Waals surface area contributed by atoms with E-state index >= 15 is 0 Å². The molecule has 0 unspecified atom stereocenters. The molecule has 0 amide bonds. The molecule has 1 aliphatic rings. The first-order chi connectivity index (χ1) is 12.1. The van der Waals surface area contributed by atoms with Gasteiger partial charge >= 0.3 is 0 Å². The van der Waals surface area contributed by atoms with E-state index in [1.807, 2.05) is 6.92 Å². The van der Waals surface area contributed by atoms with Gasteiger partial charge in [0.2, 0.25) is 5.89 Å². The second-order valence-corrected chi connectivity index (χ2v) is 6.38. The van der Waals surface area contributed by atoms with Crippen LogP contribution in [0.3, 0.4) is 0 Å². The zero-order valence-corrected chi connectivity index (χ0v) is 14.3. The lowest BCUT2D eigenvalue weighted by molar-refractivity contribution is 0.0561. The summed E-state index contributed by atoms with van der Waals surface area (Å²) in [7, 11) is 0. The zero-order chi connectivity index (χ0) is 17.6. The van der Waals surface area contributed by atoms with Gasteiger partial charge in [-0.15, -0.1) is 0 Å². The molecular weight excluding hydrogens is 320 g/mol. The molecule has 0 spiro atoms. The maximum absolute atomic E-state index is 10.3. The number of β-amino-alcohol motifs (C(OH)–C–C–N with tert-alkyl or cyclic N) is 1. The topological polar surface area (TPSA) is 95.4 Å². The minimum absolute atomic E-state index is 0.215. The van der Waals surface area contributed by atoms with Crippen molar-refractivity contribution in [3.63, 3.8) is 0 Å². The van der Waals surface area contributed by atoms with Crippen LogP contribution in [-0.4, -0.2) is 52.5 Å². The van der Waals surface area contributed by atoms with Crippen LogP contribution < -0.4 is 4.74 Å². The van der Waals surface area contributed by atoms with Crippen molar-refractivity contribution in [1.29, 1.82) is 5.26 Å². The normalized spacial score (nSPS) is 19.3. The van der Waals surface area contributed by atoms with Crippen LogP contribution in [0.4, 0.5) is 0 Å². The number of aliphatic hydroxyl groups excluding tert-OH is 1. The van der Waals surface area contributed by atoms with Gasteiger partial charge in [0, 0.05) is 13.1 Å². The minimum Gasteiger partial charge on any atom is -0.491 e. The molecule has 1 N–H and O–H groups in total. The summed E-state index contributed by atoms with van der Waals surface area (Å²) in [5.41, 5.74) is 0.587. The number of aromatic nitrogens is 2. The molecule has 1 aromatic carbocycles. The van der Waals surface area contributed by atoms with Crippen LogP contribution in [0, 0.1) is 18.3 Å². The third-order valence-corrected chi connectivity index (χ3v) is 4.29. The first-order valence-corrected chi connectivity index (χ1v) is 8.47. The maximum atomic E-state index is 10.3. The van der Waals surface area contributed by atoms with Gasteiger partial charge in [0.05, 0.1) is 17.6 Å². The summed E-state index contributed by atoms with van der Waals surface area (Å²) in [5, 5.41) is 22.9. The van der Waals surface area contributed by atoms with E-state index in [-0.39, 0.29) is 12.5 Å². The molecule has 1 saturated heterocycles. The van der Waals surface area contributed by atoms with Gasteiger partial charge in [-0.1, -0.05) is 5.16 Å². The first-order valence-electron chi connectivity index (χ1n) is 8.47. The lowest BCUT2D eigenvalue weighted by atomic mass is 9.98. The Balaban J connectivity index is 1.47. The third-order valence-electron chi connectivity index (χ3n) is 4.29. The Morgan fingerprint density at radius 2 is 2.24 bits per heavy atom. The molecule has 2 aromatic rings. The Morgan fingerprint density at radius 3 is 2.92 bits per heavy atom. The van der Waals surface area contributed by atoms with Crippen molar-refractivity contribution in [1.82, 2.24) is 15.0 Å². The van der Waals surface area contributed by atoms with Crippen LogP contribution in [0.15, 0.2) is 28.8 Å². The Hall–Kier alpha value is -2.43. The molecule has 7 nitrogen and oxygen atoms in total. The highest BCUT2D eigenvalue weighted by atomic mass is 16.5. The summed E-state index contributed by atoms with van der Waals surface area (Å²) in [6.07, 6.45) is 1.48. The number of likely N-dealkylation sites (tertiary alicyclic amines) is 1. The quantitative estimate of drug-likeness (QED) is 0.856. The van der Waals surface area contributed by atoms with Crippen LogP contribution >= 0.6 is 0 Å². The smallest absolute Gasteiger partial charge is 0.231 e. The highest BCUT2D eigenvalue weighted by molar-refractivity contribution is 5.34. The lowest BCUT2D eigenvalue weighted by Crippen LogP contribution is -2.41. The van der Waals surface area contributed by atoms with E-state index in [0.29, 0.717) is 29.6 Å². The fourth-order valence-corrected chi connectivity index (χ4v) is 3.07. The maximum Gasteiger partial charge on any atom is 0.231 e. The van der Waals surface area contributed by atoms with Crippen molar-refractivity contribution >= 4 is 0 Å². The molecule has 1 aromatic heterocycles. The van der Waals surface area contributed by atoms with Crippen LogP contribution in [0.5, 0.6) is 5.75 Å². The van der Waals surface area contributed by atoms with Gasteiger partial charge in [0.1, 0.15) is 18.5 Å². The lowest BCUT2D eigenvalue weighted by Gasteiger charge is -2.32. The summed E-state index contributed by atoms with van der Waals surface area (Å²) in [6.45, 7) is 4.32. The molecule has 25 heavy (non-hydrogen) atoms. The van der Waals surface area contributed by atoms with Crippen LogP contribution in [0.25, 0.3) is 0 Å². The fourth-order valence-electron chi connectivity index (χ4n) is 3.07. The van der Waals surface area contributed by atoms with Crippen LogP contribution in [-0.2, 0) is 0 Å². The molecule has 0 radical (unpaired) electrons. The summed E-state index contributed by atoms with van der Waals surface area (Å²) in [6, 6.07) is 8.93. The van der Waals surface area contributed by atoms with Gasteiger partial charge in [-0.25, -0.2) is 0 Å². The van der Waals surface area contributed by atoms with Gasteiger partial charge in [-0.3, -0.25) is 4.90 Å². The number of aliphatic hydroxyl groups is 1. The molecule has 1 aliphatic heterocycles. The highest BCUT2D eigenvalue weighted by Gasteiger charge is 2.26. The number of nitriles is 1. The molecule has 132 valence electrons. The van der Waals surface area contributed by atoms with Crippen LogP contribution in [0.2, 0.25) is 0 Å². The number of rotatable bonds is 6. The second kappa shape index (κ2) is 8.10. The number of ether oxygens (including phenoxy) is 1. The fraction of sp³-hybridized carbons (Fsp3) is 0.500. The summed E-state index contributed by atoms with van der Waals surface area (Å²) < 4.78 is 10.9. The second-order valence-electron chi connectivity index (χ2n) is 6.38. The van der Waals surface area contributed by atoms with E-state index in [0.717, 1.165) is 25.9 Å². The van der Waals surface area contributed by atoms with Gasteiger partial charge in [-0.2, -0.15) is 10.2 Å². The SMILES string of the molecule is Cc1noc([C@@H]2CCCN(C[C@@H](O)COc3ccc(C#N)cc3)C2)n1. The monoisotopic (exact) mass is 342 g/mol. The number of hydrogen-bond donors (Lipinski definition) is 1. The first kappa shape index (κ1) is 17.4. The van der Waals surface area contributed by atoms with Crippen molar-refractivity contribution in [3.05, 3.63) is 41.5 Å². The zero-order valence-electron chi connectivity index (χ0n) is 14.3. The van der Waals surface area contributed by atoms with Crippen molar-refractivity contribution in [2.45, 2.75) is 31.8 Å². The van der Waals surface area contributed by atoms with E-state index in [9.17, 15) is 5.11 Å². The molecule has 1 fully saturated rings. The molecule has 7 heteroatoms. The van der Waals surface area contributed by atoms with Crippen molar-refractivity contribution in [3.8, 4) is 11.8 Å².